The zero-order chi connectivity index (χ0) is 15.2. The summed E-state index contributed by atoms with van der Waals surface area (Å²) in [6, 6.07) is 7.25. The Labute approximate surface area is 133 Å². The molecule has 0 aromatic carbocycles. The summed E-state index contributed by atoms with van der Waals surface area (Å²) >= 11 is 0. The highest BCUT2D eigenvalue weighted by Crippen LogP contribution is 1.96. The van der Waals surface area contributed by atoms with E-state index in [4.69, 9.17) is 5.11 Å². The Morgan fingerprint density at radius 2 is 1.77 bits per heavy atom. The normalized spacial score (nSPS) is 32.8. The number of piperidine rings is 1. The van der Waals surface area contributed by atoms with Gasteiger partial charge in [0.05, 0.1) is 25.7 Å². The van der Waals surface area contributed by atoms with Gasteiger partial charge in [-0.05, 0) is 6.07 Å². The van der Waals surface area contributed by atoms with E-state index in [1.807, 2.05) is 17.2 Å². The second-order valence-corrected chi connectivity index (χ2v) is 6.97. The Kier molecular flexibility index (Phi) is 5.78. The van der Waals surface area contributed by atoms with Crippen molar-refractivity contribution in [3.8, 4) is 0 Å². The van der Waals surface area contributed by atoms with Crippen molar-refractivity contribution in [1.29, 1.82) is 0 Å². The lowest BCUT2D eigenvalue weighted by atomic mass is 10.0. The first-order valence-corrected chi connectivity index (χ1v) is 8.93. The van der Waals surface area contributed by atoms with Crippen LogP contribution in [0, 0.1) is 0 Å². The van der Waals surface area contributed by atoms with Crippen molar-refractivity contribution in [3.05, 3.63) is 30.1 Å². The minimum absolute atomic E-state index is 0.336. The second-order valence-electron chi connectivity index (χ2n) is 6.97. The van der Waals surface area contributed by atoms with E-state index in [1.165, 1.54) is 57.8 Å². The summed E-state index contributed by atoms with van der Waals surface area (Å²) in [6.45, 7) is 10.1. The summed E-state index contributed by atoms with van der Waals surface area (Å²) < 4.78 is 0. The number of piperazine rings is 1. The van der Waals surface area contributed by atoms with Gasteiger partial charge >= 0.3 is 0 Å². The highest BCUT2D eigenvalue weighted by atomic mass is 16.3. The molecule has 0 aliphatic carbocycles. The maximum Gasteiger partial charge on any atom is 0.234 e. The van der Waals surface area contributed by atoms with Gasteiger partial charge in [-0.15, -0.1) is 0 Å². The molecule has 122 valence electrons. The van der Waals surface area contributed by atoms with Crippen molar-refractivity contribution in [1.82, 2.24) is 0 Å². The number of likely N-dealkylation sites (tertiary alicyclic amines) is 1. The van der Waals surface area contributed by atoms with Gasteiger partial charge in [0.25, 0.3) is 0 Å². The standard InChI is InChI=1S/C17H28N4O/c22-14-13-19-9-11-21(12-10-19)17-4-7-20(8-5-17)15-16-3-1-2-6-18-16/h1-3,6,17,22H,4-5,7-15H2/p+4. The fraction of sp³-hybridized carbons (Fsp3) is 0.706. The minimum Gasteiger partial charge on any atom is -0.391 e. The molecule has 0 amide bonds. The fourth-order valence-electron chi connectivity index (χ4n) is 4.16. The number of aromatic amines is 1. The lowest BCUT2D eigenvalue weighted by Crippen LogP contribution is -3.30. The lowest BCUT2D eigenvalue weighted by molar-refractivity contribution is -1.03. The summed E-state index contributed by atoms with van der Waals surface area (Å²) in [5.41, 5.74) is 1.35. The smallest absolute Gasteiger partial charge is 0.234 e. The van der Waals surface area contributed by atoms with Crippen molar-refractivity contribution in [2.24, 2.45) is 0 Å². The lowest BCUT2D eigenvalue weighted by Gasteiger charge is -2.37. The molecular formula is C17H32N4O+4. The van der Waals surface area contributed by atoms with E-state index in [-0.39, 0.29) is 0 Å². The summed E-state index contributed by atoms with van der Waals surface area (Å²) in [4.78, 5) is 8.50. The van der Waals surface area contributed by atoms with Crippen molar-refractivity contribution in [2.75, 3.05) is 52.4 Å². The summed E-state index contributed by atoms with van der Waals surface area (Å²) in [5, 5.41) is 9.05. The van der Waals surface area contributed by atoms with E-state index < -0.39 is 0 Å². The van der Waals surface area contributed by atoms with Crippen LogP contribution in [0.25, 0.3) is 0 Å². The molecule has 5 N–H and O–H groups in total. The molecule has 1 aromatic heterocycles. The topological polar surface area (TPSA) is 47.7 Å². The number of aliphatic hydroxyl groups is 1. The van der Waals surface area contributed by atoms with Crippen molar-refractivity contribution >= 4 is 0 Å². The molecule has 0 spiro atoms. The third kappa shape index (κ3) is 4.26. The molecule has 2 aliphatic heterocycles. The molecule has 22 heavy (non-hydrogen) atoms. The van der Waals surface area contributed by atoms with E-state index in [0.29, 0.717) is 6.61 Å². The predicted octanol–water partition coefficient (Wildman–Crippen LogP) is -4.18. The Hall–Kier alpha value is -1.01. The van der Waals surface area contributed by atoms with Crippen LogP contribution < -0.4 is 19.7 Å². The van der Waals surface area contributed by atoms with Crippen LogP contribution in [0.1, 0.15) is 18.5 Å². The van der Waals surface area contributed by atoms with Crippen LogP contribution in [-0.4, -0.2) is 63.6 Å². The number of rotatable bonds is 5. The first-order chi connectivity index (χ1) is 10.8. The molecule has 0 bridgehead atoms. The molecule has 1 aromatic rings. The molecule has 2 fully saturated rings. The van der Waals surface area contributed by atoms with Gasteiger partial charge < -0.3 is 19.8 Å². The van der Waals surface area contributed by atoms with E-state index in [1.54, 1.807) is 9.80 Å². The SMILES string of the molecule is OCC[NH+]1CC[NH+](C2CC[NH+](Cc3cccc[nH+]3)CC2)CC1. The van der Waals surface area contributed by atoms with E-state index >= 15 is 0 Å². The number of quaternary nitrogens is 3. The number of nitrogens with one attached hydrogen (secondary N) is 4. The molecule has 2 aliphatic rings. The van der Waals surface area contributed by atoms with E-state index in [0.717, 1.165) is 19.1 Å². The van der Waals surface area contributed by atoms with Crippen LogP contribution in [0.3, 0.4) is 0 Å². The Morgan fingerprint density at radius 3 is 2.41 bits per heavy atom. The number of pyridine rings is 1. The van der Waals surface area contributed by atoms with Gasteiger partial charge in [-0.3, -0.25) is 0 Å². The molecule has 0 unspecified atom stereocenters. The third-order valence-corrected chi connectivity index (χ3v) is 5.55. The number of aromatic nitrogens is 1. The summed E-state index contributed by atoms with van der Waals surface area (Å²) in [7, 11) is 0. The first kappa shape index (κ1) is 15.9. The zero-order valence-corrected chi connectivity index (χ0v) is 13.6. The summed E-state index contributed by atoms with van der Waals surface area (Å²) in [6.07, 6.45) is 4.76. The van der Waals surface area contributed by atoms with Gasteiger partial charge in [-0.1, -0.05) is 0 Å². The second kappa shape index (κ2) is 8.02. The average Bonchev–Trinajstić information content (AvgIpc) is 2.58. The zero-order valence-electron chi connectivity index (χ0n) is 13.6. The van der Waals surface area contributed by atoms with E-state index in [9.17, 15) is 0 Å². The van der Waals surface area contributed by atoms with Gasteiger partial charge in [0, 0.05) is 25.0 Å². The number of hydrogen-bond donors (Lipinski definition) is 4. The van der Waals surface area contributed by atoms with Crippen LogP contribution in [0.15, 0.2) is 24.4 Å². The quantitative estimate of drug-likeness (QED) is 0.438. The molecule has 0 atom stereocenters. The van der Waals surface area contributed by atoms with E-state index in [2.05, 4.69) is 17.1 Å². The van der Waals surface area contributed by atoms with Crippen LogP contribution in [-0.2, 0) is 6.54 Å². The minimum atomic E-state index is 0.336. The molecular weight excluding hydrogens is 276 g/mol. The average molecular weight is 308 g/mol. The predicted molar refractivity (Wildman–Crippen MR) is 83.8 cm³/mol. The molecule has 0 radical (unpaired) electrons. The Bertz CT molecular complexity index is 426. The number of aliphatic hydroxyl groups excluding tert-OH is 1. The highest BCUT2D eigenvalue weighted by molar-refractivity contribution is 4.94. The van der Waals surface area contributed by atoms with Crippen molar-refractivity contribution < 1.29 is 24.8 Å². The highest BCUT2D eigenvalue weighted by Gasteiger charge is 2.33. The van der Waals surface area contributed by atoms with Gasteiger partial charge in [-0.2, -0.15) is 0 Å². The van der Waals surface area contributed by atoms with Crippen LogP contribution >= 0.6 is 0 Å². The molecule has 3 rings (SSSR count). The third-order valence-electron chi connectivity index (χ3n) is 5.55. The monoisotopic (exact) mass is 308 g/mol. The van der Waals surface area contributed by atoms with Crippen LogP contribution in [0.2, 0.25) is 0 Å². The summed E-state index contributed by atoms with van der Waals surface area (Å²) in [5.74, 6) is 0. The Morgan fingerprint density at radius 1 is 1.00 bits per heavy atom. The first-order valence-electron chi connectivity index (χ1n) is 8.93. The number of hydrogen-bond acceptors (Lipinski definition) is 1. The van der Waals surface area contributed by atoms with Gasteiger partial charge in [-0.25, -0.2) is 4.98 Å². The molecule has 5 heteroatoms. The maximum absolute atomic E-state index is 9.05. The largest absolute Gasteiger partial charge is 0.391 e. The van der Waals surface area contributed by atoms with Gasteiger partial charge in [0.1, 0.15) is 32.7 Å². The molecule has 3 heterocycles. The molecule has 2 saturated heterocycles. The van der Waals surface area contributed by atoms with Crippen LogP contribution in [0.5, 0.6) is 0 Å². The molecule has 0 saturated carbocycles. The van der Waals surface area contributed by atoms with Gasteiger partial charge in [0.2, 0.25) is 5.69 Å². The van der Waals surface area contributed by atoms with Crippen molar-refractivity contribution in [2.45, 2.75) is 25.4 Å². The maximum atomic E-state index is 9.05. The fourth-order valence-corrected chi connectivity index (χ4v) is 4.16. The van der Waals surface area contributed by atoms with Crippen molar-refractivity contribution in [3.63, 3.8) is 0 Å². The Balaban J connectivity index is 1.40. The number of H-pyrrole nitrogens is 1. The van der Waals surface area contributed by atoms with Crippen LogP contribution in [0.4, 0.5) is 0 Å². The molecule has 5 nitrogen and oxygen atoms in total. The van der Waals surface area contributed by atoms with Gasteiger partial charge in [0.15, 0.2) is 12.7 Å².